The maximum Gasteiger partial charge on any atom is 0.324 e. The largest absolute Gasteiger partial charge is 0.497 e. The molecule has 1 aliphatic heterocycles. The number of aromatic nitrogens is 2. The van der Waals surface area contributed by atoms with Gasteiger partial charge < -0.3 is 19.1 Å². The van der Waals surface area contributed by atoms with Gasteiger partial charge in [0.1, 0.15) is 11.6 Å². The first-order chi connectivity index (χ1) is 14.0. The van der Waals surface area contributed by atoms with Crippen molar-refractivity contribution < 1.29 is 18.4 Å². The summed E-state index contributed by atoms with van der Waals surface area (Å²) in [6.45, 7) is 3.77. The van der Waals surface area contributed by atoms with Crippen LogP contribution in [0.4, 0.5) is 10.4 Å². The highest BCUT2D eigenvalue weighted by Crippen LogP contribution is 2.24. The number of benzene rings is 2. The highest BCUT2D eigenvalue weighted by molar-refractivity contribution is 5.94. The van der Waals surface area contributed by atoms with Crippen molar-refractivity contribution in [3.05, 3.63) is 59.4 Å². The molecule has 1 aromatic heterocycles. The second-order valence-corrected chi connectivity index (χ2v) is 6.88. The van der Waals surface area contributed by atoms with Crippen molar-refractivity contribution in [3.63, 3.8) is 0 Å². The van der Waals surface area contributed by atoms with Gasteiger partial charge in [-0.2, -0.15) is 4.98 Å². The number of carbonyl (C=O) groups is 1. The number of ether oxygens (including phenoxy) is 1. The summed E-state index contributed by atoms with van der Waals surface area (Å²) < 4.78 is 24.4. The van der Waals surface area contributed by atoms with Crippen LogP contribution in [0.25, 0.3) is 11.4 Å². The molecule has 150 valence electrons. The number of halogens is 1. The van der Waals surface area contributed by atoms with Gasteiger partial charge in [-0.25, -0.2) is 4.39 Å². The average molecular weight is 396 g/mol. The molecule has 1 saturated heterocycles. The van der Waals surface area contributed by atoms with Crippen LogP contribution in [0.2, 0.25) is 0 Å². The van der Waals surface area contributed by atoms with Crippen LogP contribution in [-0.2, 0) is 0 Å². The SMILES string of the molecule is COc1cccc(-c2noc(N3CCN(C(=O)c4ccc(C)c(F)c4)CC3)n2)c1. The minimum atomic E-state index is -0.370. The van der Waals surface area contributed by atoms with Gasteiger partial charge in [-0.05, 0) is 36.8 Å². The molecular formula is C21H21FN4O3. The highest BCUT2D eigenvalue weighted by Gasteiger charge is 2.25. The van der Waals surface area contributed by atoms with Crippen LogP contribution in [0.1, 0.15) is 15.9 Å². The van der Waals surface area contributed by atoms with Gasteiger partial charge in [-0.1, -0.05) is 23.4 Å². The Balaban J connectivity index is 1.41. The molecule has 0 radical (unpaired) electrons. The number of nitrogens with zero attached hydrogens (tertiary/aromatic N) is 4. The second kappa shape index (κ2) is 7.90. The zero-order valence-electron chi connectivity index (χ0n) is 16.3. The molecule has 2 aromatic carbocycles. The molecular weight excluding hydrogens is 375 g/mol. The molecule has 1 aliphatic rings. The van der Waals surface area contributed by atoms with Crippen LogP contribution in [0, 0.1) is 12.7 Å². The Morgan fingerprint density at radius 2 is 1.93 bits per heavy atom. The number of aryl methyl sites for hydroxylation is 1. The molecule has 0 atom stereocenters. The molecule has 3 aromatic rings. The molecule has 0 spiro atoms. The summed E-state index contributed by atoms with van der Waals surface area (Å²) >= 11 is 0. The molecule has 0 saturated carbocycles. The van der Waals surface area contributed by atoms with E-state index in [-0.39, 0.29) is 11.7 Å². The van der Waals surface area contributed by atoms with Crippen LogP contribution < -0.4 is 9.64 Å². The third-order valence-corrected chi connectivity index (χ3v) is 5.00. The Morgan fingerprint density at radius 3 is 2.66 bits per heavy atom. The standard InChI is InChI=1S/C21H21FN4O3/c1-14-6-7-16(13-18(14)22)20(27)25-8-10-26(11-9-25)21-23-19(24-29-21)15-4-3-5-17(12-15)28-2/h3-7,12-13H,8-11H2,1-2H3. The van der Waals surface area contributed by atoms with Crippen LogP contribution in [0.3, 0.4) is 0 Å². The lowest BCUT2D eigenvalue weighted by Gasteiger charge is -2.33. The molecule has 2 heterocycles. The fraction of sp³-hybridized carbons (Fsp3) is 0.286. The van der Waals surface area contributed by atoms with E-state index in [4.69, 9.17) is 9.26 Å². The molecule has 29 heavy (non-hydrogen) atoms. The van der Waals surface area contributed by atoms with Crippen molar-refractivity contribution in [2.75, 3.05) is 38.2 Å². The molecule has 8 heteroatoms. The zero-order valence-corrected chi connectivity index (χ0v) is 16.3. The smallest absolute Gasteiger partial charge is 0.324 e. The van der Waals surface area contributed by atoms with E-state index < -0.39 is 0 Å². The Bertz CT molecular complexity index is 1030. The van der Waals surface area contributed by atoms with Crippen LogP contribution in [0.15, 0.2) is 47.0 Å². The van der Waals surface area contributed by atoms with Crippen molar-refractivity contribution in [2.24, 2.45) is 0 Å². The summed E-state index contributed by atoms with van der Waals surface area (Å²) in [6, 6.07) is 12.4. The lowest BCUT2D eigenvalue weighted by molar-refractivity contribution is 0.0744. The number of hydrogen-bond donors (Lipinski definition) is 0. The van der Waals surface area contributed by atoms with Crippen molar-refractivity contribution in [1.82, 2.24) is 15.0 Å². The van der Waals surface area contributed by atoms with Gasteiger partial charge >= 0.3 is 6.01 Å². The van der Waals surface area contributed by atoms with Gasteiger partial charge in [0.25, 0.3) is 5.91 Å². The summed E-state index contributed by atoms with van der Waals surface area (Å²) in [5.74, 6) is 0.651. The van der Waals surface area contributed by atoms with E-state index in [1.807, 2.05) is 29.2 Å². The van der Waals surface area contributed by atoms with Crippen molar-refractivity contribution >= 4 is 11.9 Å². The fourth-order valence-corrected chi connectivity index (χ4v) is 3.23. The molecule has 1 amide bonds. The average Bonchev–Trinajstić information content (AvgIpc) is 3.26. The number of amides is 1. The fourth-order valence-electron chi connectivity index (χ4n) is 3.23. The molecule has 0 N–H and O–H groups in total. The van der Waals surface area contributed by atoms with E-state index in [9.17, 15) is 9.18 Å². The van der Waals surface area contributed by atoms with Crippen molar-refractivity contribution in [3.8, 4) is 17.1 Å². The maximum atomic E-state index is 13.8. The van der Waals surface area contributed by atoms with Crippen LogP contribution in [-0.4, -0.2) is 54.2 Å². The predicted octanol–water partition coefficient (Wildman–Crippen LogP) is 3.16. The number of anilines is 1. The van der Waals surface area contributed by atoms with Gasteiger partial charge in [0.15, 0.2) is 0 Å². The Hall–Kier alpha value is -3.42. The summed E-state index contributed by atoms with van der Waals surface area (Å²) in [5, 5.41) is 4.05. The Kier molecular flexibility index (Phi) is 5.16. The first-order valence-electron chi connectivity index (χ1n) is 9.33. The molecule has 1 fully saturated rings. The second-order valence-electron chi connectivity index (χ2n) is 6.88. The normalized spacial score (nSPS) is 14.2. The molecule has 0 bridgehead atoms. The zero-order chi connectivity index (χ0) is 20.4. The van der Waals surface area contributed by atoms with Gasteiger partial charge in [0.2, 0.25) is 5.82 Å². The van der Waals surface area contributed by atoms with E-state index >= 15 is 0 Å². The first kappa shape index (κ1) is 18.9. The molecule has 4 rings (SSSR count). The van der Waals surface area contributed by atoms with E-state index in [1.54, 1.807) is 31.1 Å². The predicted molar refractivity (Wildman–Crippen MR) is 106 cm³/mol. The minimum absolute atomic E-state index is 0.175. The summed E-state index contributed by atoms with van der Waals surface area (Å²) in [6.07, 6.45) is 0. The van der Waals surface area contributed by atoms with Gasteiger partial charge in [0.05, 0.1) is 7.11 Å². The maximum absolute atomic E-state index is 13.8. The number of hydrogen-bond acceptors (Lipinski definition) is 6. The highest BCUT2D eigenvalue weighted by atomic mass is 19.1. The van der Waals surface area contributed by atoms with E-state index in [2.05, 4.69) is 10.1 Å². The number of piperazine rings is 1. The monoisotopic (exact) mass is 396 g/mol. The molecule has 0 aliphatic carbocycles. The quantitative estimate of drug-likeness (QED) is 0.675. The van der Waals surface area contributed by atoms with Crippen LogP contribution in [0.5, 0.6) is 5.75 Å². The third kappa shape index (κ3) is 3.91. The van der Waals surface area contributed by atoms with Gasteiger partial charge in [0, 0.05) is 37.3 Å². The first-order valence-corrected chi connectivity index (χ1v) is 9.33. The van der Waals surface area contributed by atoms with E-state index in [0.29, 0.717) is 54.9 Å². The topological polar surface area (TPSA) is 71.7 Å². The number of carbonyl (C=O) groups excluding carboxylic acids is 1. The molecule has 7 nitrogen and oxygen atoms in total. The lowest BCUT2D eigenvalue weighted by Crippen LogP contribution is -2.49. The molecule has 0 unspecified atom stereocenters. The summed E-state index contributed by atoms with van der Waals surface area (Å²) in [4.78, 5) is 20.8. The van der Waals surface area contributed by atoms with Crippen molar-refractivity contribution in [2.45, 2.75) is 6.92 Å². The van der Waals surface area contributed by atoms with Gasteiger partial charge in [-0.3, -0.25) is 4.79 Å². The lowest BCUT2D eigenvalue weighted by atomic mass is 10.1. The number of methoxy groups -OCH3 is 1. The van der Waals surface area contributed by atoms with E-state index in [1.165, 1.54) is 6.07 Å². The minimum Gasteiger partial charge on any atom is -0.497 e. The van der Waals surface area contributed by atoms with Gasteiger partial charge in [-0.15, -0.1) is 0 Å². The third-order valence-electron chi connectivity index (χ3n) is 5.00. The van der Waals surface area contributed by atoms with E-state index in [0.717, 1.165) is 5.56 Å². The summed E-state index contributed by atoms with van der Waals surface area (Å²) in [7, 11) is 1.60. The summed E-state index contributed by atoms with van der Waals surface area (Å²) in [5.41, 5.74) is 1.68. The Labute approximate surface area is 167 Å². The van der Waals surface area contributed by atoms with Crippen molar-refractivity contribution in [1.29, 1.82) is 0 Å². The Morgan fingerprint density at radius 1 is 1.14 bits per heavy atom. The number of rotatable bonds is 4. The van der Waals surface area contributed by atoms with Crippen LogP contribution >= 0.6 is 0 Å².